The van der Waals surface area contributed by atoms with E-state index in [1.807, 2.05) is 0 Å². The fourth-order valence-electron chi connectivity index (χ4n) is 2.60. The molecule has 29 heavy (non-hydrogen) atoms. The molecular weight excluding hydrogens is 422 g/mol. The van der Waals surface area contributed by atoms with Crippen LogP contribution in [0.2, 0.25) is 0 Å². The van der Waals surface area contributed by atoms with E-state index in [9.17, 15) is 21.6 Å². The zero-order valence-corrected chi connectivity index (χ0v) is 17.0. The number of ether oxygens (including phenoxy) is 2. The number of hydrogen-bond donors (Lipinski definition) is 2. The van der Waals surface area contributed by atoms with Gasteiger partial charge in [0.1, 0.15) is 28.5 Å². The Kier molecular flexibility index (Phi) is 5.48. The van der Waals surface area contributed by atoms with E-state index >= 15 is 0 Å². The first-order valence-electron chi connectivity index (χ1n) is 8.10. The predicted octanol–water partition coefficient (Wildman–Crippen LogP) is 1.26. The number of carbonyl (C=O) groups excluding carboxylic acids is 1. The molecule has 0 saturated carbocycles. The van der Waals surface area contributed by atoms with E-state index in [-0.39, 0.29) is 21.2 Å². The molecule has 0 fully saturated rings. The molecule has 12 heteroatoms. The van der Waals surface area contributed by atoms with Crippen LogP contribution in [0.3, 0.4) is 0 Å². The minimum Gasteiger partial charge on any atom is -0.497 e. The first kappa shape index (κ1) is 20.6. The van der Waals surface area contributed by atoms with Gasteiger partial charge in [0, 0.05) is 6.07 Å². The SMILES string of the molecule is COc1ccc(OC)c(NC(=O)CS(=O)(=O)c2ccc3c(c2)S(=O)(=O)N=CN3)c1. The van der Waals surface area contributed by atoms with Gasteiger partial charge >= 0.3 is 0 Å². The Labute approximate surface area is 167 Å². The highest BCUT2D eigenvalue weighted by atomic mass is 32.2. The van der Waals surface area contributed by atoms with Crippen molar-refractivity contribution in [2.24, 2.45) is 4.40 Å². The van der Waals surface area contributed by atoms with Crippen molar-refractivity contribution in [3.05, 3.63) is 36.4 Å². The number of hydrogen-bond acceptors (Lipinski definition) is 8. The summed E-state index contributed by atoms with van der Waals surface area (Å²) in [6.45, 7) is 0. The number of carbonyl (C=O) groups is 1. The summed E-state index contributed by atoms with van der Waals surface area (Å²) in [5.41, 5.74) is 0.433. The van der Waals surface area contributed by atoms with Crippen LogP contribution in [0, 0.1) is 0 Å². The first-order valence-corrected chi connectivity index (χ1v) is 11.2. The van der Waals surface area contributed by atoms with Gasteiger partial charge in [0.05, 0.1) is 30.5 Å². The second-order valence-electron chi connectivity index (χ2n) is 5.89. The summed E-state index contributed by atoms with van der Waals surface area (Å²) in [5.74, 6) is -0.964. The highest BCUT2D eigenvalue weighted by Gasteiger charge is 2.26. The number of amides is 1. The van der Waals surface area contributed by atoms with Crippen molar-refractivity contribution >= 4 is 43.5 Å². The van der Waals surface area contributed by atoms with Crippen molar-refractivity contribution in [2.75, 3.05) is 30.6 Å². The number of nitrogens with zero attached hydrogens (tertiary/aromatic N) is 1. The van der Waals surface area contributed by atoms with E-state index in [1.54, 1.807) is 12.1 Å². The third-order valence-corrected chi connectivity index (χ3v) is 6.89. The maximum atomic E-state index is 12.6. The van der Waals surface area contributed by atoms with Crippen LogP contribution in [0.4, 0.5) is 11.4 Å². The van der Waals surface area contributed by atoms with Gasteiger partial charge in [-0.3, -0.25) is 4.79 Å². The Bertz CT molecular complexity index is 1210. The smallest absolute Gasteiger partial charge is 0.285 e. The van der Waals surface area contributed by atoms with Crippen molar-refractivity contribution in [1.82, 2.24) is 0 Å². The molecule has 0 aliphatic carbocycles. The van der Waals surface area contributed by atoms with E-state index in [1.165, 1.54) is 32.4 Å². The predicted molar refractivity (Wildman–Crippen MR) is 106 cm³/mol. The average Bonchev–Trinajstić information content (AvgIpc) is 2.67. The highest BCUT2D eigenvalue weighted by molar-refractivity contribution is 7.92. The Morgan fingerprint density at radius 1 is 1.14 bits per heavy atom. The number of rotatable bonds is 6. The lowest BCUT2D eigenvalue weighted by atomic mass is 10.2. The van der Waals surface area contributed by atoms with Crippen LogP contribution < -0.4 is 20.1 Å². The number of fused-ring (bicyclic) bond motifs is 1. The number of sulfone groups is 1. The molecule has 0 aromatic heterocycles. The Hall–Kier alpha value is -3.12. The maximum Gasteiger partial charge on any atom is 0.285 e. The second-order valence-corrected chi connectivity index (χ2v) is 9.48. The van der Waals surface area contributed by atoms with Crippen molar-refractivity contribution in [2.45, 2.75) is 9.79 Å². The monoisotopic (exact) mass is 439 g/mol. The molecule has 2 aromatic carbocycles. The number of anilines is 2. The van der Waals surface area contributed by atoms with Gasteiger partial charge in [-0.15, -0.1) is 4.40 Å². The zero-order chi connectivity index (χ0) is 21.2. The molecule has 1 aliphatic heterocycles. The lowest BCUT2D eigenvalue weighted by Crippen LogP contribution is -2.23. The quantitative estimate of drug-likeness (QED) is 0.685. The third kappa shape index (κ3) is 4.32. The largest absolute Gasteiger partial charge is 0.497 e. The Balaban J connectivity index is 1.85. The molecule has 1 aliphatic rings. The summed E-state index contributed by atoms with van der Waals surface area (Å²) in [4.78, 5) is 11.7. The summed E-state index contributed by atoms with van der Waals surface area (Å²) < 4.78 is 62.8. The van der Waals surface area contributed by atoms with Crippen LogP contribution in [-0.4, -0.2) is 49.1 Å². The summed E-state index contributed by atoms with van der Waals surface area (Å²) in [6, 6.07) is 8.16. The molecule has 2 aromatic rings. The number of benzene rings is 2. The van der Waals surface area contributed by atoms with Gasteiger partial charge in [-0.2, -0.15) is 8.42 Å². The summed E-state index contributed by atoms with van der Waals surface area (Å²) in [5, 5.41) is 5.09. The van der Waals surface area contributed by atoms with Gasteiger partial charge in [0.25, 0.3) is 10.0 Å². The van der Waals surface area contributed by atoms with Gasteiger partial charge in [-0.25, -0.2) is 8.42 Å². The fraction of sp³-hybridized carbons (Fsp3) is 0.176. The Morgan fingerprint density at radius 3 is 2.59 bits per heavy atom. The van der Waals surface area contributed by atoms with E-state index in [0.717, 1.165) is 12.4 Å². The molecular formula is C17H17N3O7S2. The highest BCUT2D eigenvalue weighted by Crippen LogP contribution is 2.30. The topological polar surface area (TPSA) is 140 Å². The van der Waals surface area contributed by atoms with Gasteiger partial charge in [-0.05, 0) is 30.3 Å². The lowest BCUT2D eigenvalue weighted by molar-refractivity contribution is -0.113. The summed E-state index contributed by atoms with van der Waals surface area (Å²) in [6.07, 6.45) is 1.00. The molecule has 2 N–H and O–H groups in total. The number of methoxy groups -OCH3 is 2. The van der Waals surface area contributed by atoms with Gasteiger partial charge in [0.2, 0.25) is 5.91 Å². The summed E-state index contributed by atoms with van der Waals surface area (Å²) in [7, 11) is -5.29. The average molecular weight is 439 g/mol. The van der Waals surface area contributed by atoms with Crippen LogP contribution in [-0.2, 0) is 24.7 Å². The molecule has 0 saturated heterocycles. The molecule has 0 radical (unpaired) electrons. The van der Waals surface area contributed by atoms with Crippen molar-refractivity contribution in [3.8, 4) is 11.5 Å². The van der Waals surface area contributed by atoms with Gasteiger partial charge < -0.3 is 20.1 Å². The third-order valence-electron chi connectivity index (χ3n) is 4.00. The molecule has 154 valence electrons. The van der Waals surface area contributed by atoms with Crippen LogP contribution in [0.15, 0.2) is 50.6 Å². The zero-order valence-electron chi connectivity index (χ0n) is 15.4. The van der Waals surface area contributed by atoms with Crippen LogP contribution in [0.5, 0.6) is 11.5 Å². The van der Waals surface area contributed by atoms with E-state index < -0.39 is 31.5 Å². The van der Waals surface area contributed by atoms with Crippen LogP contribution in [0.25, 0.3) is 0 Å². The van der Waals surface area contributed by atoms with Gasteiger partial charge in [0.15, 0.2) is 9.84 Å². The normalized spacial score (nSPS) is 14.4. The van der Waals surface area contributed by atoms with Crippen molar-refractivity contribution < 1.29 is 31.1 Å². The van der Waals surface area contributed by atoms with Crippen molar-refractivity contribution in [1.29, 1.82) is 0 Å². The lowest BCUT2D eigenvalue weighted by Gasteiger charge is -2.14. The molecule has 10 nitrogen and oxygen atoms in total. The maximum absolute atomic E-state index is 12.6. The van der Waals surface area contributed by atoms with E-state index in [4.69, 9.17) is 9.47 Å². The molecule has 0 atom stereocenters. The minimum absolute atomic E-state index is 0.199. The van der Waals surface area contributed by atoms with Crippen LogP contribution >= 0.6 is 0 Å². The number of sulfonamides is 1. The van der Waals surface area contributed by atoms with Gasteiger partial charge in [-0.1, -0.05) is 0 Å². The van der Waals surface area contributed by atoms with E-state index in [2.05, 4.69) is 15.0 Å². The molecule has 0 unspecified atom stereocenters. The Morgan fingerprint density at radius 2 is 1.90 bits per heavy atom. The van der Waals surface area contributed by atoms with Crippen LogP contribution in [0.1, 0.15) is 0 Å². The molecule has 0 bridgehead atoms. The molecule has 1 heterocycles. The number of nitrogens with one attached hydrogen (secondary N) is 2. The first-order chi connectivity index (χ1) is 13.7. The standard InChI is InChI=1S/C17H17N3O7S2/c1-26-11-3-6-15(27-2)14(7-11)20-17(21)9-28(22,23)12-4-5-13-16(8-12)29(24,25)19-10-18-13/h3-8,10H,9H2,1-2H3,(H,18,19)(H,20,21). The van der Waals surface area contributed by atoms with Crippen molar-refractivity contribution in [3.63, 3.8) is 0 Å². The molecule has 1 amide bonds. The minimum atomic E-state index is -4.13. The fourth-order valence-corrected chi connectivity index (χ4v) is 4.82. The van der Waals surface area contributed by atoms with E-state index in [0.29, 0.717) is 11.5 Å². The second kappa shape index (κ2) is 7.72. The molecule has 0 spiro atoms. The summed E-state index contributed by atoms with van der Waals surface area (Å²) >= 11 is 0. The molecule has 3 rings (SSSR count).